The highest BCUT2D eigenvalue weighted by Gasteiger charge is 2.22. The predicted octanol–water partition coefficient (Wildman–Crippen LogP) is 3.12. The molecule has 0 fully saturated rings. The number of para-hydroxylation sites is 2. The van der Waals surface area contributed by atoms with Crippen molar-refractivity contribution in [2.75, 3.05) is 20.3 Å². The van der Waals surface area contributed by atoms with Crippen LogP contribution in [0.15, 0.2) is 48.5 Å². The summed E-state index contributed by atoms with van der Waals surface area (Å²) >= 11 is 0. The van der Waals surface area contributed by atoms with Crippen LogP contribution < -0.4 is 4.74 Å². The molecule has 5 nitrogen and oxygen atoms in total. The van der Waals surface area contributed by atoms with Crippen LogP contribution in [-0.4, -0.2) is 41.2 Å². The fourth-order valence-electron chi connectivity index (χ4n) is 3.12. The summed E-state index contributed by atoms with van der Waals surface area (Å²) in [5, 5.41) is 10.3. The van der Waals surface area contributed by atoms with Gasteiger partial charge in [0.25, 0.3) is 5.91 Å². The first-order valence-electron chi connectivity index (χ1n) is 8.25. The van der Waals surface area contributed by atoms with E-state index < -0.39 is 0 Å². The first kappa shape index (κ1) is 17.0. The Labute approximate surface area is 146 Å². The molecule has 0 saturated carbocycles. The van der Waals surface area contributed by atoms with Gasteiger partial charge in [-0.25, -0.2) is 0 Å². The predicted molar refractivity (Wildman–Crippen MR) is 97.9 cm³/mol. The number of carbonyl (C=O) groups is 1. The minimum Gasteiger partial charge on any atom is -0.496 e. The Balaban J connectivity index is 1.97. The summed E-state index contributed by atoms with van der Waals surface area (Å²) in [6.07, 6.45) is 0. The monoisotopic (exact) mass is 338 g/mol. The lowest BCUT2D eigenvalue weighted by molar-refractivity contribution is 0.0708. The molecule has 1 heterocycles. The fraction of sp³-hybridized carbons (Fsp3) is 0.250. The first-order valence-corrected chi connectivity index (χ1v) is 8.25. The Morgan fingerprint density at radius 3 is 2.64 bits per heavy atom. The number of aliphatic hydroxyl groups is 1. The number of aromatic amines is 1. The number of ether oxygens (including phenoxy) is 1. The van der Waals surface area contributed by atoms with E-state index in [-0.39, 0.29) is 19.1 Å². The lowest BCUT2D eigenvalue weighted by Crippen LogP contribution is -2.33. The third-order valence-corrected chi connectivity index (χ3v) is 4.32. The van der Waals surface area contributed by atoms with Gasteiger partial charge in [0, 0.05) is 35.2 Å². The number of methoxy groups -OCH3 is 1. The van der Waals surface area contributed by atoms with Crippen molar-refractivity contribution in [3.63, 3.8) is 0 Å². The minimum atomic E-state index is -0.102. The average Bonchev–Trinajstić information content (AvgIpc) is 2.97. The second kappa shape index (κ2) is 7.40. The van der Waals surface area contributed by atoms with E-state index in [1.54, 1.807) is 12.0 Å². The van der Waals surface area contributed by atoms with E-state index in [1.165, 1.54) is 0 Å². The van der Waals surface area contributed by atoms with Crippen molar-refractivity contribution in [1.82, 2.24) is 9.88 Å². The van der Waals surface area contributed by atoms with Crippen LogP contribution in [0.1, 0.15) is 21.6 Å². The summed E-state index contributed by atoms with van der Waals surface area (Å²) in [4.78, 5) is 18.1. The molecule has 2 aromatic carbocycles. The van der Waals surface area contributed by atoms with Crippen molar-refractivity contribution in [1.29, 1.82) is 0 Å². The molecule has 0 unspecified atom stereocenters. The van der Waals surface area contributed by atoms with E-state index in [2.05, 4.69) is 4.98 Å². The third-order valence-electron chi connectivity index (χ3n) is 4.32. The molecule has 0 saturated heterocycles. The summed E-state index contributed by atoms with van der Waals surface area (Å²) in [7, 11) is 1.61. The zero-order valence-corrected chi connectivity index (χ0v) is 14.5. The van der Waals surface area contributed by atoms with E-state index in [0.29, 0.717) is 12.1 Å². The topological polar surface area (TPSA) is 65.6 Å². The normalized spacial score (nSPS) is 10.8. The van der Waals surface area contributed by atoms with Gasteiger partial charge in [0.1, 0.15) is 5.75 Å². The largest absolute Gasteiger partial charge is 0.496 e. The van der Waals surface area contributed by atoms with Gasteiger partial charge in [0.15, 0.2) is 0 Å². The van der Waals surface area contributed by atoms with Crippen LogP contribution in [0.4, 0.5) is 0 Å². The lowest BCUT2D eigenvalue weighted by atomic mass is 10.1. The molecule has 5 heteroatoms. The van der Waals surface area contributed by atoms with Crippen molar-refractivity contribution in [2.24, 2.45) is 0 Å². The Morgan fingerprint density at radius 2 is 1.88 bits per heavy atom. The molecule has 2 N–H and O–H groups in total. The zero-order valence-electron chi connectivity index (χ0n) is 14.5. The van der Waals surface area contributed by atoms with Gasteiger partial charge >= 0.3 is 0 Å². The second-order valence-electron chi connectivity index (χ2n) is 5.93. The zero-order chi connectivity index (χ0) is 17.8. The number of hydrogen-bond donors (Lipinski definition) is 2. The Morgan fingerprint density at radius 1 is 1.16 bits per heavy atom. The maximum absolute atomic E-state index is 13.2. The van der Waals surface area contributed by atoms with Gasteiger partial charge in [-0.3, -0.25) is 4.79 Å². The van der Waals surface area contributed by atoms with Crippen LogP contribution in [0, 0.1) is 6.92 Å². The molecule has 0 aliphatic carbocycles. The van der Waals surface area contributed by atoms with Gasteiger partial charge < -0.3 is 19.7 Å². The van der Waals surface area contributed by atoms with Gasteiger partial charge in [-0.2, -0.15) is 0 Å². The van der Waals surface area contributed by atoms with Crippen LogP contribution >= 0.6 is 0 Å². The number of H-pyrrole nitrogens is 1. The van der Waals surface area contributed by atoms with Crippen molar-refractivity contribution >= 4 is 16.8 Å². The van der Waals surface area contributed by atoms with E-state index in [0.717, 1.165) is 27.9 Å². The van der Waals surface area contributed by atoms with Gasteiger partial charge in [-0.1, -0.05) is 36.4 Å². The van der Waals surface area contributed by atoms with Crippen LogP contribution in [0.25, 0.3) is 10.9 Å². The van der Waals surface area contributed by atoms with Crippen LogP contribution in [-0.2, 0) is 6.54 Å². The molecule has 3 aromatic rings. The van der Waals surface area contributed by atoms with E-state index >= 15 is 0 Å². The number of aliphatic hydroxyl groups excluding tert-OH is 1. The fourth-order valence-corrected chi connectivity index (χ4v) is 3.12. The minimum absolute atomic E-state index is 0.0949. The van der Waals surface area contributed by atoms with Crippen LogP contribution in [0.2, 0.25) is 0 Å². The lowest BCUT2D eigenvalue weighted by Gasteiger charge is -2.23. The van der Waals surface area contributed by atoms with Crippen molar-refractivity contribution < 1.29 is 14.6 Å². The van der Waals surface area contributed by atoms with Crippen molar-refractivity contribution in [2.45, 2.75) is 13.5 Å². The highest BCUT2D eigenvalue weighted by molar-refractivity contribution is 6.08. The SMILES string of the molecule is COc1ccccc1CN(CCO)C(=O)c1c(C)[nH]c2ccccc12. The Kier molecular flexibility index (Phi) is 5.05. The highest BCUT2D eigenvalue weighted by atomic mass is 16.5. The van der Waals surface area contributed by atoms with E-state index in [4.69, 9.17) is 4.74 Å². The molecule has 0 aliphatic rings. The average molecular weight is 338 g/mol. The number of nitrogens with zero attached hydrogens (tertiary/aromatic N) is 1. The van der Waals surface area contributed by atoms with Gasteiger partial charge in [-0.15, -0.1) is 0 Å². The Bertz CT molecular complexity index is 886. The molecular weight excluding hydrogens is 316 g/mol. The molecule has 1 aromatic heterocycles. The molecule has 0 aliphatic heterocycles. The number of rotatable bonds is 6. The quantitative estimate of drug-likeness (QED) is 0.726. The third kappa shape index (κ3) is 3.37. The number of benzene rings is 2. The smallest absolute Gasteiger partial charge is 0.256 e. The highest BCUT2D eigenvalue weighted by Crippen LogP contribution is 2.25. The molecule has 0 radical (unpaired) electrons. The molecule has 1 amide bonds. The van der Waals surface area contributed by atoms with Gasteiger partial charge in [-0.05, 0) is 19.1 Å². The van der Waals surface area contributed by atoms with Crippen molar-refractivity contribution in [3.05, 3.63) is 65.4 Å². The number of aromatic nitrogens is 1. The first-order chi connectivity index (χ1) is 12.2. The van der Waals surface area contributed by atoms with Crippen molar-refractivity contribution in [3.8, 4) is 5.75 Å². The number of nitrogens with one attached hydrogen (secondary N) is 1. The maximum Gasteiger partial charge on any atom is 0.256 e. The molecular formula is C20H22N2O3. The number of fused-ring (bicyclic) bond motifs is 1. The van der Waals surface area contributed by atoms with Crippen LogP contribution in [0.3, 0.4) is 0 Å². The molecule has 0 spiro atoms. The molecule has 0 atom stereocenters. The van der Waals surface area contributed by atoms with Crippen LogP contribution in [0.5, 0.6) is 5.75 Å². The van der Waals surface area contributed by atoms with E-state index in [9.17, 15) is 9.90 Å². The second-order valence-corrected chi connectivity index (χ2v) is 5.93. The molecule has 130 valence electrons. The van der Waals surface area contributed by atoms with E-state index in [1.807, 2.05) is 55.5 Å². The van der Waals surface area contributed by atoms with Gasteiger partial charge in [0.05, 0.1) is 19.3 Å². The summed E-state index contributed by atoms with van der Waals surface area (Å²) in [6.45, 7) is 2.44. The number of amides is 1. The molecule has 25 heavy (non-hydrogen) atoms. The Hall–Kier alpha value is -2.79. The molecule has 0 bridgehead atoms. The summed E-state index contributed by atoms with van der Waals surface area (Å²) < 4.78 is 5.38. The van der Waals surface area contributed by atoms with Gasteiger partial charge in [0.2, 0.25) is 0 Å². The summed E-state index contributed by atoms with van der Waals surface area (Å²) in [6, 6.07) is 15.4. The summed E-state index contributed by atoms with van der Waals surface area (Å²) in [5.74, 6) is 0.629. The molecule has 3 rings (SSSR count). The number of aryl methyl sites for hydroxylation is 1. The number of carbonyl (C=O) groups excluding carboxylic acids is 1. The number of hydrogen-bond acceptors (Lipinski definition) is 3. The standard InChI is InChI=1S/C20H22N2O3/c1-14-19(16-8-4-5-9-17(16)21-14)20(24)22(11-12-23)13-15-7-3-6-10-18(15)25-2/h3-10,21,23H,11-13H2,1-2H3. The maximum atomic E-state index is 13.2. The summed E-state index contributed by atoms with van der Waals surface area (Å²) in [5.41, 5.74) is 3.32.